The molecule has 0 bridgehead atoms. The van der Waals surface area contributed by atoms with Crippen LogP contribution in [0.1, 0.15) is 47.0 Å². The van der Waals surface area contributed by atoms with E-state index in [4.69, 9.17) is 4.74 Å². The molecule has 2 atom stereocenters. The standard InChI is InChI=1S/C12H27NO/c1-5-8-11(4)12(13-6-2)9-10-14-7-3/h11-13H,5-10H2,1-4H3. The molecule has 0 saturated heterocycles. The Labute approximate surface area is 89.4 Å². The van der Waals surface area contributed by atoms with E-state index in [1.165, 1.54) is 12.8 Å². The Bertz CT molecular complexity index is 117. The van der Waals surface area contributed by atoms with E-state index < -0.39 is 0 Å². The van der Waals surface area contributed by atoms with Crippen LogP contribution in [0.4, 0.5) is 0 Å². The Hall–Kier alpha value is -0.0800. The topological polar surface area (TPSA) is 21.3 Å². The zero-order valence-corrected chi connectivity index (χ0v) is 10.3. The number of ether oxygens (including phenoxy) is 1. The summed E-state index contributed by atoms with van der Waals surface area (Å²) >= 11 is 0. The van der Waals surface area contributed by atoms with E-state index in [1.807, 2.05) is 0 Å². The van der Waals surface area contributed by atoms with E-state index in [-0.39, 0.29) is 0 Å². The van der Waals surface area contributed by atoms with E-state index in [1.54, 1.807) is 0 Å². The number of rotatable bonds is 9. The fourth-order valence-electron chi connectivity index (χ4n) is 1.86. The van der Waals surface area contributed by atoms with Crippen molar-refractivity contribution >= 4 is 0 Å². The molecule has 0 aliphatic heterocycles. The minimum atomic E-state index is 0.631. The first-order chi connectivity index (χ1) is 6.76. The Morgan fingerprint density at radius 2 is 1.86 bits per heavy atom. The third kappa shape index (κ3) is 6.39. The molecule has 0 amide bonds. The van der Waals surface area contributed by atoms with E-state index in [2.05, 4.69) is 33.0 Å². The number of hydrogen-bond acceptors (Lipinski definition) is 2. The van der Waals surface area contributed by atoms with Gasteiger partial charge in [0.25, 0.3) is 0 Å². The maximum Gasteiger partial charge on any atom is 0.0480 e. The molecule has 2 unspecified atom stereocenters. The van der Waals surface area contributed by atoms with Crippen molar-refractivity contribution in [3.05, 3.63) is 0 Å². The Kier molecular flexibility index (Phi) is 9.42. The fourth-order valence-corrected chi connectivity index (χ4v) is 1.86. The molecule has 14 heavy (non-hydrogen) atoms. The van der Waals surface area contributed by atoms with Crippen LogP contribution in [-0.2, 0) is 4.74 Å². The summed E-state index contributed by atoms with van der Waals surface area (Å²) < 4.78 is 5.40. The van der Waals surface area contributed by atoms with Gasteiger partial charge in [-0.15, -0.1) is 0 Å². The predicted molar refractivity (Wildman–Crippen MR) is 62.6 cm³/mol. The van der Waals surface area contributed by atoms with Crippen molar-refractivity contribution in [3.63, 3.8) is 0 Å². The monoisotopic (exact) mass is 201 g/mol. The van der Waals surface area contributed by atoms with Gasteiger partial charge in [0.05, 0.1) is 0 Å². The second kappa shape index (κ2) is 9.47. The van der Waals surface area contributed by atoms with Crippen molar-refractivity contribution in [2.24, 2.45) is 5.92 Å². The lowest BCUT2D eigenvalue weighted by molar-refractivity contribution is 0.129. The molecular weight excluding hydrogens is 174 g/mol. The minimum absolute atomic E-state index is 0.631. The maximum absolute atomic E-state index is 5.40. The van der Waals surface area contributed by atoms with Gasteiger partial charge in [0, 0.05) is 19.3 Å². The highest BCUT2D eigenvalue weighted by molar-refractivity contribution is 4.72. The third-order valence-electron chi connectivity index (χ3n) is 2.67. The summed E-state index contributed by atoms with van der Waals surface area (Å²) in [5.41, 5.74) is 0. The Balaban J connectivity index is 3.74. The molecule has 1 N–H and O–H groups in total. The predicted octanol–water partition coefficient (Wildman–Crippen LogP) is 2.83. The van der Waals surface area contributed by atoms with E-state index in [0.717, 1.165) is 32.1 Å². The largest absolute Gasteiger partial charge is 0.382 e. The van der Waals surface area contributed by atoms with E-state index in [9.17, 15) is 0 Å². The average molecular weight is 201 g/mol. The van der Waals surface area contributed by atoms with E-state index >= 15 is 0 Å². The summed E-state index contributed by atoms with van der Waals surface area (Å²) in [6, 6.07) is 0.631. The van der Waals surface area contributed by atoms with Gasteiger partial charge in [-0.3, -0.25) is 0 Å². The SMILES string of the molecule is CCCC(C)C(CCOCC)NCC. The van der Waals surface area contributed by atoms with Gasteiger partial charge < -0.3 is 10.1 Å². The van der Waals surface area contributed by atoms with Crippen molar-refractivity contribution in [3.8, 4) is 0 Å². The normalized spacial score (nSPS) is 15.4. The summed E-state index contributed by atoms with van der Waals surface area (Å²) in [6.45, 7) is 11.6. The Morgan fingerprint density at radius 1 is 1.14 bits per heavy atom. The van der Waals surface area contributed by atoms with Crippen LogP contribution < -0.4 is 5.32 Å². The van der Waals surface area contributed by atoms with Crippen LogP contribution in [0.3, 0.4) is 0 Å². The van der Waals surface area contributed by atoms with Crippen molar-refractivity contribution in [2.45, 2.75) is 53.0 Å². The first-order valence-corrected chi connectivity index (χ1v) is 6.07. The first kappa shape index (κ1) is 13.9. The summed E-state index contributed by atoms with van der Waals surface area (Å²) in [5, 5.41) is 3.55. The zero-order chi connectivity index (χ0) is 10.8. The molecule has 0 aromatic heterocycles. The molecule has 0 aromatic rings. The second-order valence-electron chi connectivity index (χ2n) is 3.92. The van der Waals surface area contributed by atoms with Crippen molar-refractivity contribution in [2.75, 3.05) is 19.8 Å². The van der Waals surface area contributed by atoms with Gasteiger partial charge in [-0.05, 0) is 32.2 Å². The van der Waals surface area contributed by atoms with Gasteiger partial charge in [-0.2, -0.15) is 0 Å². The average Bonchev–Trinajstić information content (AvgIpc) is 2.17. The number of nitrogens with one attached hydrogen (secondary N) is 1. The minimum Gasteiger partial charge on any atom is -0.382 e. The molecule has 0 heterocycles. The van der Waals surface area contributed by atoms with Gasteiger partial charge in [0.2, 0.25) is 0 Å². The van der Waals surface area contributed by atoms with Crippen LogP contribution in [0, 0.1) is 5.92 Å². The molecular formula is C12H27NO. The molecule has 2 nitrogen and oxygen atoms in total. The molecule has 0 spiro atoms. The van der Waals surface area contributed by atoms with Crippen LogP contribution in [0.2, 0.25) is 0 Å². The highest BCUT2D eigenvalue weighted by Gasteiger charge is 2.14. The Morgan fingerprint density at radius 3 is 2.36 bits per heavy atom. The summed E-state index contributed by atoms with van der Waals surface area (Å²) in [7, 11) is 0. The van der Waals surface area contributed by atoms with Crippen LogP contribution in [0.25, 0.3) is 0 Å². The molecule has 0 radical (unpaired) electrons. The molecule has 0 aromatic carbocycles. The maximum atomic E-state index is 5.40. The molecule has 0 aliphatic rings. The van der Waals surface area contributed by atoms with Crippen LogP contribution in [0.15, 0.2) is 0 Å². The summed E-state index contributed by atoms with van der Waals surface area (Å²) in [5.74, 6) is 0.764. The van der Waals surface area contributed by atoms with Crippen molar-refractivity contribution in [1.29, 1.82) is 0 Å². The lowest BCUT2D eigenvalue weighted by atomic mass is 9.94. The van der Waals surface area contributed by atoms with Crippen molar-refractivity contribution in [1.82, 2.24) is 5.32 Å². The molecule has 86 valence electrons. The van der Waals surface area contributed by atoms with Crippen molar-refractivity contribution < 1.29 is 4.74 Å². The quantitative estimate of drug-likeness (QED) is 0.579. The molecule has 0 fully saturated rings. The smallest absolute Gasteiger partial charge is 0.0480 e. The molecule has 0 saturated carbocycles. The summed E-state index contributed by atoms with van der Waals surface area (Å²) in [6.07, 6.45) is 3.73. The lowest BCUT2D eigenvalue weighted by Crippen LogP contribution is -2.35. The third-order valence-corrected chi connectivity index (χ3v) is 2.67. The molecule has 2 heteroatoms. The lowest BCUT2D eigenvalue weighted by Gasteiger charge is -2.24. The van der Waals surface area contributed by atoms with Gasteiger partial charge in [0.15, 0.2) is 0 Å². The zero-order valence-electron chi connectivity index (χ0n) is 10.3. The van der Waals surface area contributed by atoms with Gasteiger partial charge in [-0.25, -0.2) is 0 Å². The fraction of sp³-hybridized carbons (Fsp3) is 1.00. The number of hydrogen-bond donors (Lipinski definition) is 1. The van der Waals surface area contributed by atoms with Crippen LogP contribution >= 0.6 is 0 Å². The molecule has 0 rings (SSSR count). The van der Waals surface area contributed by atoms with E-state index in [0.29, 0.717) is 6.04 Å². The van der Waals surface area contributed by atoms with Crippen LogP contribution in [-0.4, -0.2) is 25.8 Å². The highest BCUT2D eigenvalue weighted by Crippen LogP contribution is 2.13. The second-order valence-corrected chi connectivity index (χ2v) is 3.92. The van der Waals surface area contributed by atoms with Gasteiger partial charge in [0.1, 0.15) is 0 Å². The van der Waals surface area contributed by atoms with Crippen LogP contribution in [0.5, 0.6) is 0 Å². The molecule has 0 aliphatic carbocycles. The first-order valence-electron chi connectivity index (χ1n) is 6.07. The van der Waals surface area contributed by atoms with Gasteiger partial charge >= 0.3 is 0 Å². The summed E-state index contributed by atoms with van der Waals surface area (Å²) in [4.78, 5) is 0. The highest BCUT2D eigenvalue weighted by atomic mass is 16.5. The van der Waals surface area contributed by atoms with Gasteiger partial charge in [-0.1, -0.05) is 27.2 Å².